The van der Waals surface area contributed by atoms with Crippen molar-refractivity contribution in [1.82, 2.24) is 14.9 Å². The summed E-state index contributed by atoms with van der Waals surface area (Å²) in [4.78, 5) is 4.29. The molecular formula is C21H36N4O3S. The standard InChI is InChI=1S/C21H36N4O3S/c1-5-29(26,27)25(4)14-7-13-23-21(22-3)24-16-19-8-6-15-28-20(19)18-11-9-17(2)10-12-18/h9-12,19-20H,5-8,13-16H2,1-4H3,(H2,22,23,24). The number of ether oxygens (including phenoxy) is 1. The molecule has 164 valence electrons. The van der Waals surface area contributed by atoms with Crippen LogP contribution in [0.5, 0.6) is 0 Å². The molecule has 1 aromatic carbocycles. The van der Waals surface area contributed by atoms with Gasteiger partial charge in [-0.25, -0.2) is 12.7 Å². The Labute approximate surface area is 176 Å². The lowest BCUT2D eigenvalue weighted by Crippen LogP contribution is -2.42. The van der Waals surface area contributed by atoms with E-state index >= 15 is 0 Å². The van der Waals surface area contributed by atoms with Crippen LogP contribution in [-0.2, 0) is 14.8 Å². The van der Waals surface area contributed by atoms with E-state index in [4.69, 9.17) is 4.74 Å². The Balaban J connectivity index is 1.80. The van der Waals surface area contributed by atoms with Gasteiger partial charge in [-0.05, 0) is 38.7 Å². The number of hydrogen-bond acceptors (Lipinski definition) is 4. The van der Waals surface area contributed by atoms with Gasteiger partial charge in [-0.3, -0.25) is 4.99 Å². The molecule has 7 nitrogen and oxygen atoms in total. The van der Waals surface area contributed by atoms with E-state index in [0.717, 1.165) is 38.4 Å². The lowest BCUT2D eigenvalue weighted by molar-refractivity contribution is -0.0265. The lowest BCUT2D eigenvalue weighted by Gasteiger charge is -2.32. The number of benzene rings is 1. The van der Waals surface area contributed by atoms with Crippen LogP contribution in [0.4, 0.5) is 0 Å². The van der Waals surface area contributed by atoms with Crippen LogP contribution in [0.3, 0.4) is 0 Å². The van der Waals surface area contributed by atoms with Gasteiger partial charge in [-0.1, -0.05) is 29.8 Å². The SMILES string of the molecule is CCS(=O)(=O)N(C)CCCNC(=NC)NCC1CCCOC1c1ccc(C)cc1. The van der Waals surface area contributed by atoms with Gasteiger partial charge in [0.25, 0.3) is 0 Å². The van der Waals surface area contributed by atoms with Gasteiger partial charge in [-0.15, -0.1) is 0 Å². The first kappa shape index (κ1) is 23.6. The summed E-state index contributed by atoms with van der Waals surface area (Å²) >= 11 is 0. The zero-order valence-electron chi connectivity index (χ0n) is 18.1. The van der Waals surface area contributed by atoms with Crippen molar-refractivity contribution in [3.05, 3.63) is 35.4 Å². The van der Waals surface area contributed by atoms with E-state index < -0.39 is 10.0 Å². The molecule has 0 radical (unpaired) electrons. The Bertz CT molecular complexity index is 750. The third kappa shape index (κ3) is 7.28. The van der Waals surface area contributed by atoms with Gasteiger partial charge in [0.05, 0.1) is 11.9 Å². The predicted octanol–water partition coefficient (Wildman–Crippen LogP) is 2.30. The highest BCUT2D eigenvalue weighted by Gasteiger charge is 2.27. The molecule has 0 saturated carbocycles. The molecule has 1 aliphatic rings. The summed E-state index contributed by atoms with van der Waals surface area (Å²) in [5, 5.41) is 6.68. The summed E-state index contributed by atoms with van der Waals surface area (Å²) in [6.45, 7) is 6.49. The summed E-state index contributed by atoms with van der Waals surface area (Å²) in [6.07, 6.45) is 3.00. The maximum absolute atomic E-state index is 11.8. The van der Waals surface area contributed by atoms with Crippen LogP contribution in [-0.4, -0.2) is 64.8 Å². The Morgan fingerprint density at radius 2 is 2.00 bits per heavy atom. The van der Waals surface area contributed by atoms with Gasteiger partial charge in [0.2, 0.25) is 10.0 Å². The largest absolute Gasteiger partial charge is 0.373 e. The molecule has 0 spiro atoms. The molecule has 0 bridgehead atoms. The van der Waals surface area contributed by atoms with Crippen LogP contribution in [0, 0.1) is 12.8 Å². The second kappa shape index (κ2) is 11.5. The van der Waals surface area contributed by atoms with Crippen LogP contribution < -0.4 is 10.6 Å². The van der Waals surface area contributed by atoms with Gasteiger partial charge in [0, 0.05) is 46.3 Å². The maximum atomic E-state index is 11.8. The number of guanidine groups is 1. The normalized spacial score (nSPS) is 20.7. The minimum Gasteiger partial charge on any atom is -0.373 e. The van der Waals surface area contributed by atoms with Crippen molar-refractivity contribution in [2.45, 2.75) is 39.2 Å². The summed E-state index contributed by atoms with van der Waals surface area (Å²) in [7, 11) is 0.254. The fourth-order valence-corrected chi connectivity index (χ4v) is 4.34. The minimum absolute atomic E-state index is 0.0999. The Hall–Kier alpha value is -1.64. The fourth-order valence-electron chi connectivity index (χ4n) is 3.49. The van der Waals surface area contributed by atoms with Gasteiger partial charge in [0.1, 0.15) is 0 Å². The summed E-state index contributed by atoms with van der Waals surface area (Å²) in [5.74, 6) is 1.25. The fraction of sp³-hybridized carbons (Fsp3) is 0.667. The molecule has 1 aliphatic heterocycles. The molecule has 0 aliphatic carbocycles. The van der Waals surface area contributed by atoms with Crippen LogP contribution >= 0.6 is 0 Å². The van der Waals surface area contributed by atoms with E-state index in [0.29, 0.717) is 19.0 Å². The molecule has 2 unspecified atom stereocenters. The number of rotatable bonds is 9. The smallest absolute Gasteiger partial charge is 0.213 e. The van der Waals surface area contributed by atoms with Crippen molar-refractivity contribution in [1.29, 1.82) is 0 Å². The number of hydrogen-bond donors (Lipinski definition) is 2. The first-order valence-corrected chi connectivity index (χ1v) is 12.0. The topological polar surface area (TPSA) is 83.0 Å². The lowest BCUT2D eigenvalue weighted by atomic mass is 9.89. The monoisotopic (exact) mass is 424 g/mol. The number of nitrogens with zero attached hydrogens (tertiary/aromatic N) is 2. The first-order valence-electron chi connectivity index (χ1n) is 10.4. The molecule has 2 rings (SSSR count). The molecule has 0 aromatic heterocycles. The molecule has 1 saturated heterocycles. The second-order valence-corrected chi connectivity index (χ2v) is 9.92. The van der Waals surface area contributed by atoms with Crippen LogP contribution in [0.1, 0.15) is 43.4 Å². The Morgan fingerprint density at radius 1 is 1.28 bits per heavy atom. The second-order valence-electron chi connectivity index (χ2n) is 7.56. The van der Waals surface area contributed by atoms with Crippen molar-refractivity contribution < 1.29 is 13.2 Å². The number of aryl methyl sites for hydroxylation is 1. The molecule has 2 atom stereocenters. The predicted molar refractivity (Wildman–Crippen MR) is 119 cm³/mol. The van der Waals surface area contributed by atoms with Crippen molar-refractivity contribution in [3.8, 4) is 0 Å². The van der Waals surface area contributed by atoms with Crippen molar-refractivity contribution >= 4 is 16.0 Å². The number of nitrogens with one attached hydrogen (secondary N) is 2. The zero-order chi connectivity index (χ0) is 21.3. The molecule has 29 heavy (non-hydrogen) atoms. The molecule has 1 aromatic rings. The van der Waals surface area contributed by atoms with Gasteiger partial charge >= 0.3 is 0 Å². The number of sulfonamides is 1. The van der Waals surface area contributed by atoms with Crippen molar-refractivity contribution in [3.63, 3.8) is 0 Å². The summed E-state index contributed by atoms with van der Waals surface area (Å²) in [6, 6.07) is 8.58. The summed E-state index contributed by atoms with van der Waals surface area (Å²) in [5.41, 5.74) is 2.48. The minimum atomic E-state index is -3.12. The highest BCUT2D eigenvalue weighted by atomic mass is 32.2. The zero-order valence-corrected chi connectivity index (χ0v) is 19.0. The summed E-state index contributed by atoms with van der Waals surface area (Å²) < 4.78 is 31.1. The van der Waals surface area contributed by atoms with E-state index in [2.05, 4.69) is 46.8 Å². The molecule has 1 heterocycles. The first-order chi connectivity index (χ1) is 13.9. The van der Waals surface area contributed by atoms with Crippen LogP contribution in [0.15, 0.2) is 29.3 Å². The highest BCUT2D eigenvalue weighted by Crippen LogP contribution is 2.33. The van der Waals surface area contributed by atoms with Gasteiger partial charge in [0.15, 0.2) is 5.96 Å². The van der Waals surface area contributed by atoms with Gasteiger partial charge in [-0.2, -0.15) is 0 Å². The number of aliphatic imine (C=N–C) groups is 1. The third-order valence-corrected chi connectivity index (χ3v) is 7.25. The third-order valence-electron chi connectivity index (χ3n) is 5.39. The maximum Gasteiger partial charge on any atom is 0.213 e. The molecule has 2 N–H and O–H groups in total. The van der Waals surface area contributed by atoms with E-state index in [-0.39, 0.29) is 11.9 Å². The van der Waals surface area contributed by atoms with Crippen LogP contribution in [0.25, 0.3) is 0 Å². The molecule has 8 heteroatoms. The van der Waals surface area contributed by atoms with Crippen molar-refractivity contribution in [2.24, 2.45) is 10.9 Å². The average Bonchev–Trinajstić information content (AvgIpc) is 2.74. The Morgan fingerprint density at radius 3 is 2.66 bits per heavy atom. The highest BCUT2D eigenvalue weighted by molar-refractivity contribution is 7.89. The average molecular weight is 425 g/mol. The molecule has 1 fully saturated rings. The van der Waals surface area contributed by atoms with E-state index in [1.807, 2.05) is 0 Å². The van der Waals surface area contributed by atoms with E-state index in [1.54, 1.807) is 21.0 Å². The van der Waals surface area contributed by atoms with Crippen molar-refractivity contribution in [2.75, 3.05) is 46.1 Å². The Kier molecular flexibility index (Phi) is 9.39. The van der Waals surface area contributed by atoms with E-state index in [9.17, 15) is 8.42 Å². The molecular weight excluding hydrogens is 388 g/mol. The quantitative estimate of drug-likeness (QED) is 0.361. The molecule has 0 amide bonds. The van der Waals surface area contributed by atoms with E-state index in [1.165, 1.54) is 15.4 Å². The van der Waals surface area contributed by atoms with Gasteiger partial charge < -0.3 is 15.4 Å². The van der Waals surface area contributed by atoms with Crippen LogP contribution in [0.2, 0.25) is 0 Å².